The van der Waals surface area contributed by atoms with Crippen molar-refractivity contribution < 1.29 is 18.0 Å². The second-order valence-electron chi connectivity index (χ2n) is 6.97. The molecule has 1 aromatic rings. The molecule has 144 valence electrons. The molecule has 2 aliphatic heterocycles. The zero-order valence-electron chi connectivity index (χ0n) is 14.9. The number of sulfonamides is 1. The Morgan fingerprint density at radius 2 is 1.88 bits per heavy atom. The average molecular weight is 400 g/mol. The second kappa shape index (κ2) is 8.06. The van der Waals surface area contributed by atoms with E-state index in [2.05, 4.69) is 5.32 Å². The number of piperidine rings is 2. The molecule has 26 heavy (non-hydrogen) atoms. The molecule has 2 fully saturated rings. The van der Waals surface area contributed by atoms with Gasteiger partial charge in [-0.05, 0) is 37.1 Å². The number of hydrogen-bond donors (Lipinski definition) is 1. The first-order chi connectivity index (χ1) is 12.4. The molecule has 0 spiro atoms. The maximum atomic E-state index is 12.9. The van der Waals surface area contributed by atoms with Crippen LogP contribution in [0.4, 0.5) is 0 Å². The second-order valence-corrected chi connectivity index (χ2v) is 9.69. The lowest BCUT2D eigenvalue weighted by Gasteiger charge is -2.39. The molecule has 0 aromatic carbocycles. The Kier molecular flexibility index (Phi) is 5.99. The van der Waals surface area contributed by atoms with Crippen molar-refractivity contribution in [3.63, 3.8) is 0 Å². The van der Waals surface area contributed by atoms with E-state index in [9.17, 15) is 18.0 Å². The van der Waals surface area contributed by atoms with Crippen LogP contribution in [0.25, 0.3) is 0 Å². The average Bonchev–Trinajstić information content (AvgIpc) is 3.16. The van der Waals surface area contributed by atoms with E-state index in [1.165, 1.54) is 21.9 Å². The smallest absolute Gasteiger partial charge is 0.252 e. The third kappa shape index (κ3) is 4.44. The highest BCUT2D eigenvalue weighted by Crippen LogP contribution is 2.23. The van der Waals surface area contributed by atoms with Crippen molar-refractivity contribution in [2.75, 3.05) is 25.9 Å². The Bertz CT molecular complexity index is 740. The van der Waals surface area contributed by atoms with Gasteiger partial charge in [0.25, 0.3) is 5.91 Å². The van der Waals surface area contributed by atoms with E-state index in [0.717, 1.165) is 12.8 Å². The van der Waals surface area contributed by atoms with Gasteiger partial charge in [0.15, 0.2) is 0 Å². The van der Waals surface area contributed by atoms with Crippen LogP contribution in [0, 0.1) is 0 Å². The van der Waals surface area contributed by atoms with Gasteiger partial charge in [0.05, 0.1) is 6.26 Å². The third-order valence-electron chi connectivity index (χ3n) is 5.09. The van der Waals surface area contributed by atoms with Gasteiger partial charge in [-0.3, -0.25) is 9.59 Å². The van der Waals surface area contributed by atoms with Crippen LogP contribution < -0.4 is 5.32 Å². The Hall–Kier alpha value is -1.45. The first kappa shape index (κ1) is 19.3. The molecule has 2 amide bonds. The van der Waals surface area contributed by atoms with E-state index in [0.29, 0.717) is 44.5 Å². The van der Waals surface area contributed by atoms with Crippen molar-refractivity contribution in [1.29, 1.82) is 0 Å². The summed E-state index contributed by atoms with van der Waals surface area (Å²) in [6.07, 6.45) is 4.80. The highest BCUT2D eigenvalue weighted by molar-refractivity contribution is 7.88. The highest BCUT2D eigenvalue weighted by atomic mass is 32.2. The first-order valence-electron chi connectivity index (χ1n) is 8.95. The van der Waals surface area contributed by atoms with Crippen LogP contribution in [-0.4, -0.2) is 67.4 Å². The van der Waals surface area contributed by atoms with E-state index in [4.69, 9.17) is 0 Å². The monoisotopic (exact) mass is 399 g/mol. The van der Waals surface area contributed by atoms with Gasteiger partial charge in [0.1, 0.15) is 6.04 Å². The molecule has 1 aromatic heterocycles. The van der Waals surface area contributed by atoms with Gasteiger partial charge >= 0.3 is 0 Å². The van der Waals surface area contributed by atoms with Crippen molar-refractivity contribution in [3.05, 3.63) is 22.4 Å². The zero-order valence-corrected chi connectivity index (χ0v) is 16.5. The number of nitrogens with zero attached hydrogens (tertiary/aromatic N) is 2. The molecule has 0 radical (unpaired) electrons. The summed E-state index contributed by atoms with van der Waals surface area (Å²) in [5.41, 5.74) is 0.666. The largest absolute Gasteiger partial charge is 0.349 e. The van der Waals surface area contributed by atoms with Crippen LogP contribution in [0.3, 0.4) is 0 Å². The molecule has 0 aliphatic carbocycles. The van der Waals surface area contributed by atoms with Crippen LogP contribution >= 0.6 is 11.3 Å². The SMILES string of the molecule is CS(=O)(=O)N1CCCCC1C(=O)N1CCC(NC(=O)c2ccsc2)CC1. The van der Waals surface area contributed by atoms with Crippen molar-refractivity contribution in [2.45, 2.75) is 44.2 Å². The van der Waals surface area contributed by atoms with E-state index < -0.39 is 16.1 Å². The van der Waals surface area contributed by atoms with Crippen molar-refractivity contribution >= 4 is 33.2 Å². The van der Waals surface area contributed by atoms with Gasteiger partial charge in [0.2, 0.25) is 15.9 Å². The number of hydrogen-bond acceptors (Lipinski definition) is 5. The molecule has 7 nitrogen and oxygen atoms in total. The molecule has 0 saturated carbocycles. The van der Waals surface area contributed by atoms with E-state index in [-0.39, 0.29) is 17.9 Å². The third-order valence-corrected chi connectivity index (χ3v) is 7.06. The van der Waals surface area contributed by atoms with Crippen LogP contribution in [0.2, 0.25) is 0 Å². The molecule has 2 aliphatic rings. The Labute approximate surface area is 158 Å². The van der Waals surface area contributed by atoms with Crippen LogP contribution in [0.15, 0.2) is 16.8 Å². The molecular weight excluding hydrogens is 374 g/mol. The van der Waals surface area contributed by atoms with Crippen LogP contribution in [0.5, 0.6) is 0 Å². The minimum Gasteiger partial charge on any atom is -0.349 e. The molecular formula is C17H25N3O4S2. The van der Waals surface area contributed by atoms with Crippen molar-refractivity contribution in [1.82, 2.24) is 14.5 Å². The maximum absolute atomic E-state index is 12.9. The molecule has 3 heterocycles. The highest BCUT2D eigenvalue weighted by Gasteiger charge is 2.37. The first-order valence-corrected chi connectivity index (χ1v) is 11.7. The number of likely N-dealkylation sites (tertiary alicyclic amines) is 1. The molecule has 2 saturated heterocycles. The molecule has 9 heteroatoms. The zero-order chi connectivity index (χ0) is 18.7. The standard InChI is InChI=1S/C17H25N3O4S2/c1-26(23,24)20-8-3-2-4-15(20)17(22)19-9-5-14(6-10-19)18-16(21)13-7-11-25-12-13/h7,11-12,14-15H,2-6,8-10H2,1H3,(H,18,21). The van der Waals surface area contributed by atoms with Gasteiger partial charge in [-0.25, -0.2) is 8.42 Å². The summed E-state index contributed by atoms with van der Waals surface area (Å²) in [6, 6.07) is 1.26. The van der Waals surface area contributed by atoms with E-state index >= 15 is 0 Å². The minimum absolute atomic E-state index is 0.0452. The number of amides is 2. The summed E-state index contributed by atoms with van der Waals surface area (Å²) in [5, 5.41) is 6.70. The van der Waals surface area contributed by atoms with Gasteiger partial charge in [-0.1, -0.05) is 6.42 Å². The lowest BCUT2D eigenvalue weighted by Crippen LogP contribution is -2.55. The Morgan fingerprint density at radius 3 is 2.50 bits per heavy atom. The predicted octanol–water partition coefficient (Wildman–Crippen LogP) is 1.28. The topological polar surface area (TPSA) is 86.8 Å². The lowest BCUT2D eigenvalue weighted by molar-refractivity contribution is -0.137. The van der Waals surface area contributed by atoms with E-state index in [1.807, 2.05) is 10.8 Å². The fourth-order valence-electron chi connectivity index (χ4n) is 3.67. The summed E-state index contributed by atoms with van der Waals surface area (Å²) in [7, 11) is -3.38. The fraction of sp³-hybridized carbons (Fsp3) is 0.647. The van der Waals surface area contributed by atoms with Crippen molar-refractivity contribution in [3.8, 4) is 0 Å². The number of nitrogens with one attached hydrogen (secondary N) is 1. The summed E-state index contributed by atoms with van der Waals surface area (Å²) in [5.74, 6) is -0.177. The lowest BCUT2D eigenvalue weighted by atomic mass is 10.00. The van der Waals surface area contributed by atoms with Crippen molar-refractivity contribution in [2.24, 2.45) is 0 Å². The Balaban J connectivity index is 1.55. The normalized spacial score (nSPS) is 23.0. The van der Waals surface area contributed by atoms with Gasteiger partial charge in [0, 0.05) is 36.6 Å². The van der Waals surface area contributed by atoms with Gasteiger partial charge < -0.3 is 10.2 Å². The molecule has 1 N–H and O–H groups in total. The fourth-order valence-corrected chi connectivity index (χ4v) is 5.42. The molecule has 0 bridgehead atoms. The summed E-state index contributed by atoms with van der Waals surface area (Å²) >= 11 is 1.48. The summed E-state index contributed by atoms with van der Waals surface area (Å²) < 4.78 is 25.3. The summed E-state index contributed by atoms with van der Waals surface area (Å²) in [4.78, 5) is 26.7. The number of rotatable bonds is 4. The van der Waals surface area contributed by atoms with E-state index in [1.54, 1.807) is 11.0 Å². The molecule has 1 unspecified atom stereocenters. The Morgan fingerprint density at radius 1 is 1.15 bits per heavy atom. The minimum atomic E-state index is -3.38. The quantitative estimate of drug-likeness (QED) is 0.826. The number of carbonyl (C=O) groups is 2. The number of carbonyl (C=O) groups excluding carboxylic acids is 2. The molecule has 1 atom stereocenters. The van der Waals surface area contributed by atoms with Crippen LogP contribution in [-0.2, 0) is 14.8 Å². The predicted molar refractivity (Wildman–Crippen MR) is 101 cm³/mol. The molecule has 3 rings (SSSR count). The van der Waals surface area contributed by atoms with Gasteiger partial charge in [-0.15, -0.1) is 0 Å². The maximum Gasteiger partial charge on any atom is 0.252 e. The van der Waals surface area contributed by atoms with Gasteiger partial charge in [-0.2, -0.15) is 15.6 Å². The number of thiophene rings is 1. The summed E-state index contributed by atoms with van der Waals surface area (Å²) in [6.45, 7) is 1.51. The van der Waals surface area contributed by atoms with Crippen LogP contribution in [0.1, 0.15) is 42.5 Å².